The van der Waals surface area contributed by atoms with Gasteiger partial charge in [0, 0.05) is 15.4 Å². The third kappa shape index (κ3) is 3.14. The summed E-state index contributed by atoms with van der Waals surface area (Å²) in [5.74, 6) is -0.262. The van der Waals surface area contributed by atoms with Gasteiger partial charge < -0.3 is 4.74 Å². The summed E-state index contributed by atoms with van der Waals surface area (Å²) >= 11 is 4.85. The summed E-state index contributed by atoms with van der Waals surface area (Å²) in [5.41, 5.74) is 1.93. The lowest BCUT2D eigenvalue weighted by Gasteiger charge is -1.96. The Morgan fingerprint density at radius 2 is 2.12 bits per heavy atom. The monoisotopic (exact) mass is 311 g/mol. The van der Waals surface area contributed by atoms with Gasteiger partial charge in [-0.15, -0.1) is 11.3 Å². The van der Waals surface area contributed by atoms with Crippen LogP contribution in [0.1, 0.15) is 5.01 Å². The molecule has 0 saturated heterocycles. The van der Waals surface area contributed by atoms with Crippen LogP contribution in [0, 0.1) is 0 Å². The molecular formula is C12H10BrNO2S. The number of halogens is 1. The number of benzene rings is 1. The number of nitrogens with zero attached hydrogens (tertiary/aromatic N) is 1. The van der Waals surface area contributed by atoms with E-state index in [1.807, 2.05) is 29.6 Å². The molecule has 2 rings (SSSR count). The first kappa shape index (κ1) is 12.3. The third-order valence-corrected chi connectivity index (χ3v) is 3.59. The van der Waals surface area contributed by atoms with Gasteiger partial charge >= 0.3 is 5.97 Å². The van der Waals surface area contributed by atoms with E-state index in [4.69, 9.17) is 0 Å². The number of methoxy groups -OCH3 is 1. The van der Waals surface area contributed by atoms with Gasteiger partial charge in [-0.3, -0.25) is 4.79 Å². The molecule has 2 aromatic rings. The summed E-state index contributed by atoms with van der Waals surface area (Å²) in [5, 5.41) is 2.72. The fraction of sp³-hybridized carbons (Fsp3) is 0.167. The number of esters is 1. The van der Waals surface area contributed by atoms with Crippen LogP contribution in [0.25, 0.3) is 11.3 Å². The molecule has 0 unspecified atom stereocenters. The molecule has 88 valence electrons. The van der Waals surface area contributed by atoms with E-state index in [9.17, 15) is 4.79 Å². The lowest BCUT2D eigenvalue weighted by Crippen LogP contribution is -2.03. The van der Waals surface area contributed by atoms with Crippen molar-refractivity contribution in [1.29, 1.82) is 0 Å². The zero-order chi connectivity index (χ0) is 12.3. The van der Waals surface area contributed by atoms with Crippen molar-refractivity contribution in [3.63, 3.8) is 0 Å². The largest absolute Gasteiger partial charge is 0.469 e. The van der Waals surface area contributed by atoms with E-state index < -0.39 is 0 Å². The second kappa shape index (κ2) is 5.42. The summed E-state index contributed by atoms with van der Waals surface area (Å²) in [4.78, 5) is 15.5. The molecule has 0 aliphatic rings. The maximum Gasteiger partial charge on any atom is 0.312 e. The highest BCUT2D eigenvalue weighted by atomic mass is 79.9. The van der Waals surface area contributed by atoms with Gasteiger partial charge in [-0.25, -0.2) is 4.98 Å². The van der Waals surface area contributed by atoms with Crippen molar-refractivity contribution in [3.8, 4) is 11.3 Å². The van der Waals surface area contributed by atoms with Gasteiger partial charge in [0.15, 0.2) is 0 Å². The fourth-order valence-electron chi connectivity index (χ4n) is 1.34. The SMILES string of the molecule is COC(=O)Cc1nc(-c2ccc(Br)cc2)cs1. The molecule has 0 amide bonds. The molecule has 1 aromatic carbocycles. The molecule has 0 aliphatic carbocycles. The Labute approximate surface area is 112 Å². The summed E-state index contributed by atoms with van der Waals surface area (Å²) in [7, 11) is 1.38. The molecule has 0 bridgehead atoms. The van der Waals surface area contributed by atoms with Crippen molar-refractivity contribution >= 4 is 33.2 Å². The molecule has 0 N–H and O–H groups in total. The predicted octanol–water partition coefficient (Wildman–Crippen LogP) is 3.29. The van der Waals surface area contributed by atoms with E-state index in [0.29, 0.717) is 0 Å². The van der Waals surface area contributed by atoms with Crippen LogP contribution in [0.3, 0.4) is 0 Å². The number of carbonyl (C=O) groups is 1. The Morgan fingerprint density at radius 1 is 1.41 bits per heavy atom. The number of rotatable bonds is 3. The number of aromatic nitrogens is 1. The molecule has 5 heteroatoms. The normalized spacial score (nSPS) is 10.2. The molecular weight excluding hydrogens is 302 g/mol. The average molecular weight is 312 g/mol. The van der Waals surface area contributed by atoms with Crippen LogP contribution >= 0.6 is 27.3 Å². The van der Waals surface area contributed by atoms with Gasteiger partial charge in [-0.05, 0) is 12.1 Å². The van der Waals surface area contributed by atoms with Crippen LogP contribution in [0.2, 0.25) is 0 Å². The van der Waals surface area contributed by atoms with Crippen LogP contribution in [0.5, 0.6) is 0 Å². The van der Waals surface area contributed by atoms with Crippen molar-refractivity contribution in [1.82, 2.24) is 4.98 Å². The highest BCUT2D eigenvalue weighted by Gasteiger charge is 2.08. The minimum absolute atomic E-state index is 0.234. The number of thiazole rings is 1. The zero-order valence-corrected chi connectivity index (χ0v) is 11.5. The van der Waals surface area contributed by atoms with Crippen molar-refractivity contribution in [2.45, 2.75) is 6.42 Å². The molecule has 0 atom stereocenters. The van der Waals surface area contributed by atoms with E-state index in [1.165, 1.54) is 18.4 Å². The van der Waals surface area contributed by atoms with Gasteiger partial charge in [-0.1, -0.05) is 28.1 Å². The Hall–Kier alpha value is -1.20. The smallest absolute Gasteiger partial charge is 0.312 e. The maximum atomic E-state index is 11.1. The zero-order valence-electron chi connectivity index (χ0n) is 9.14. The standard InChI is InChI=1S/C12H10BrNO2S/c1-16-12(15)6-11-14-10(7-17-11)8-2-4-9(13)5-3-8/h2-5,7H,6H2,1H3. The summed E-state index contributed by atoms with van der Waals surface area (Å²) < 4.78 is 5.64. The molecule has 0 fully saturated rings. The van der Waals surface area contributed by atoms with Crippen LogP contribution in [-0.2, 0) is 16.0 Å². The molecule has 3 nitrogen and oxygen atoms in total. The first-order valence-corrected chi connectivity index (χ1v) is 6.63. The van der Waals surface area contributed by atoms with Crippen LogP contribution in [0.4, 0.5) is 0 Å². The van der Waals surface area contributed by atoms with E-state index in [-0.39, 0.29) is 12.4 Å². The van der Waals surface area contributed by atoms with Gasteiger partial charge in [0.2, 0.25) is 0 Å². The third-order valence-electron chi connectivity index (χ3n) is 2.21. The van der Waals surface area contributed by atoms with Gasteiger partial charge in [0.1, 0.15) is 5.01 Å². The summed E-state index contributed by atoms with van der Waals surface area (Å²) in [6.07, 6.45) is 0.234. The molecule has 17 heavy (non-hydrogen) atoms. The van der Waals surface area contributed by atoms with Crippen molar-refractivity contribution in [2.24, 2.45) is 0 Å². The Morgan fingerprint density at radius 3 is 2.76 bits per heavy atom. The Kier molecular flexibility index (Phi) is 3.91. The number of hydrogen-bond donors (Lipinski definition) is 0. The number of ether oxygens (including phenoxy) is 1. The van der Waals surface area contributed by atoms with E-state index >= 15 is 0 Å². The van der Waals surface area contributed by atoms with Gasteiger partial charge in [-0.2, -0.15) is 0 Å². The molecule has 0 saturated carbocycles. The molecule has 0 aliphatic heterocycles. The lowest BCUT2D eigenvalue weighted by atomic mass is 10.2. The van der Waals surface area contributed by atoms with Crippen LogP contribution in [0.15, 0.2) is 34.1 Å². The van der Waals surface area contributed by atoms with Gasteiger partial charge in [0.05, 0.1) is 19.2 Å². The minimum Gasteiger partial charge on any atom is -0.469 e. The number of hydrogen-bond acceptors (Lipinski definition) is 4. The second-order valence-electron chi connectivity index (χ2n) is 3.39. The molecule has 0 spiro atoms. The molecule has 0 radical (unpaired) electrons. The highest BCUT2D eigenvalue weighted by Crippen LogP contribution is 2.23. The Bertz CT molecular complexity index is 522. The van der Waals surface area contributed by atoms with Crippen LogP contribution < -0.4 is 0 Å². The number of carbonyl (C=O) groups excluding carboxylic acids is 1. The van der Waals surface area contributed by atoms with E-state index in [1.54, 1.807) is 0 Å². The molecule has 1 aromatic heterocycles. The summed E-state index contributed by atoms with van der Waals surface area (Å²) in [6.45, 7) is 0. The summed E-state index contributed by atoms with van der Waals surface area (Å²) in [6, 6.07) is 7.91. The van der Waals surface area contributed by atoms with Gasteiger partial charge in [0.25, 0.3) is 0 Å². The average Bonchev–Trinajstić information content (AvgIpc) is 2.78. The fourth-order valence-corrected chi connectivity index (χ4v) is 2.39. The van der Waals surface area contributed by atoms with Crippen LogP contribution in [-0.4, -0.2) is 18.1 Å². The first-order chi connectivity index (χ1) is 8.19. The topological polar surface area (TPSA) is 39.2 Å². The Balaban J connectivity index is 2.18. The lowest BCUT2D eigenvalue weighted by molar-refractivity contribution is -0.139. The second-order valence-corrected chi connectivity index (χ2v) is 5.24. The van der Waals surface area contributed by atoms with E-state index in [2.05, 4.69) is 25.7 Å². The van der Waals surface area contributed by atoms with Crippen molar-refractivity contribution in [3.05, 3.63) is 39.1 Å². The first-order valence-electron chi connectivity index (χ1n) is 4.96. The maximum absolute atomic E-state index is 11.1. The predicted molar refractivity (Wildman–Crippen MR) is 71.0 cm³/mol. The molecule has 1 heterocycles. The quantitative estimate of drug-likeness (QED) is 0.817. The minimum atomic E-state index is -0.262. The highest BCUT2D eigenvalue weighted by molar-refractivity contribution is 9.10. The van der Waals surface area contributed by atoms with E-state index in [0.717, 1.165) is 20.7 Å². The van der Waals surface area contributed by atoms with Crippen molar-refractivity contribution < 1.29 is 9.53 Å². The van der Waals surface area contributed by atoms with Crippen molar-refractivity contribution in [2.75, 3.05) is 7.11 Å².